The quantitative estimate of drug-likeness (QED) is 0.690. The van der Waals surface area contributed by atoms with Gasteiger partial charge in [0, 0.05) is 0 Å². The number of hydrogen-bond donors (Lipinski definition) is 1. The molecule has 72 valence electrons. The van der Waals surface area contributed by atoms with Gasteiger partial charge in [0.25, 0.3) is 0 Å². The van der Waals surface area contributed by atoms with E-state index in [-0.39, 0.29) is 17.6 Å². The lowest BCUT2D eigenvalue weighted by Crippen LogP contribution is -2.27. The third kappa shape index (κ3) is 3.11. The molecule has 1 saturated carbocycles. The maximum atomic E-state index is 9.46. The van der Waals surface area contributed by atoms with Gasteiger partial charge < -0.3 is 9.84 Å². The van der Waals surface area contributed by atoms with Crippen LogP contribution in [0.15, 0.2) is 0 Å². The van der Waals surface area contributed by atoms with E-state index in [0.717, 1.165) is 25.9 Å². The Balaban J connectivity index is 2.23. The Labute approximate surface area is 74.9 Å². The first-order chi connectivity index (χ1) is 5.49. The van der Waals surface area contributed by atoms with Crippen molar-refractivity contribution < 1.29 is 9.84 Å². The first kappa shape index (κ1) is 10.0. The van der Waals surface area contributed by atoms with E-state index in [0.29, 0.717) is 0 Å². The van der Waals surface area contributed by atoms with Gasteiger partial charge in [0.1, 0.15) is 0 Å². The Kier molecular flexibility index (Phi) is 3.13. The highest BCUT2D eigenvalue weighted by Crippen LogP contribution is 2.24. The summed E-state index contributed by atoms with van der Waals surface area (Å²) in [6.45, 7) is 7.19. The number of rotatable bonds is 2. The lowest BCUT2D eigenvalue weighted by atomic mass is 9.98. The Bertz CT molecular complexity index is 137. The van der Waals surface area contributed by atoms with Crippen molar-refractivity contribution >= 4 is 0 Å². The van der Waals surface area contributed by atoms with Crippen molar-refractivity contribution in [1.29, 1.82) is 0 Å². The minimum Gasteiger partial charge on any atom is -0.390 e. The predicted molar refractivity (Wildman–Crippen MR) is 49.1 cm³/mol. The summed E-state index contributed by atoms with van der Waals surface area (Å²) >= 11 is 0. The van der Waals surface area contributed by atoms with E-state index in [9.17, 15) is 5.11 Å². The standard InChI is InChI=1S/C10H20O2/c1-10(2,3)7-12-9-6-4-5-8(9)11/h8-9,11H,4-7H2,1-3H3. The van der Waals surface area contributed by atoms with Crippen molar-refractivity contribution in [2.75, 3.05) is 6.61 Å². The highest BCUT2D eigenvalue weighted by atomic mass is 16.5. The van der Waals surface area contributed by atoms with Crippen LogP contribution in [-0.4, -0.2) is 23.9 Å². The van der Waals surface area contributed by atoms with Crippen LogP contribution in [-0.2, 0) is 4.74 Å². The van der Waals surface area contributed by atoms with Crippen molar-refractivity contribution in [3.05, 3.63) is 0 Å². The van der Waals surface area contributed by atoms with Gasteiger partial charge in [0.15, 0.2) is 0 Å². The minimum absolute atomic E-state index is 0.101. The second-order valence-electron chi connectivity index (χ2n) is 4.91. The van der Waals surface area contributed by atoms with Gasteiger partial charge in [-0.3, -0.25) is 0 Å². The summed E-state index contributed by atoms with van der Waals surface area (Å²) in [6.07, 6.45) is 2.93. The van der Waals surface area contributed by atoms with E-state index in [2.05, 4.69) is 20.8 Å². The molecule has 2 heteroatoms. The lowest BCUT2D eigenvalue weighted by molar-refractivity contribution is -0.0442. The van der Waals surface area contributed by atoms with E-state index in [1.54, 1.807) is 0 Å². The topological polar surface area (TPSA) is 29.5 Å². The molecule has 0 aromatic rings. The van der Waals surface area contributed by atoms with Crippen molar-refractivity contribution in [3.63, 3.8) is 0 Å². The molecular weight excluding hydrogens is 152 g/mol. The Hall–Kier alpha value is -0.0800. The van der Waals surface area contributed by atoms with Gasteiger partial charge in [-0.2, -0.15) is 0 Å². The molecule has 12 heavy (non-hydrogen) atoms. The molecule has 1 aliphatic rings. The van der Waals surface area contributed by atoms with Crippen LogP contribution in [0, 0.1) is 5.41 Å². The van der Waals surface area contributed by atoms with Crippen LogP contribution in [0.4, 0.5) is 0 Å². The highest BCUT2D eigenvalue weighted by molar-refractivity contribution is 4.77. The van der Waals surface area contributed by atoms with E-state index < -0.39 is 0 Å². The summed E-state index contributed by atoms with van der Waals surface area (Å²) < 4.78 is 5.63. The van der Waals surface area contributed by atoms with Crippen molar-refractivity contribution in [2.45, 2.75) is 52.2 Å². The number of aliphatic hydroxyl groups excluding tert-OH is 1. The largest absolute Gasteiger partial charge is 0.390 e. The molecule has 0 radical (unpaired) electrons. The summed E-state index contributed by atoms with van der Waals surface area (Å²) in [5.41, 5.74) is 0.211. The second-order valence-corrected chi connectivity index (χ2v) is 4.91. The molecule has 0 amide bonds. The third-order valence-electron chi connectivity index (χ3n) is 2.15. The summed E-state index contributed by atoms with van der Waals surface area (Å²) in [7, 11) is 0. The number of aliphatic hydroxyl groups is 1. The molecule has 0 aliphatic heterocycles. The number of ether oxygens (including phenoxy) is 1. The fourth-order valence-electron chi connectivity index (χ4n) is 1.46. The molecule has 2 unspecified atom stereocenters. The molecular formula is C10H20O2. The van der Waals surface area contributed by atoms with Gasteiger partial charge in [-0.15, -0.1) is 0 Å². The molecule has 0 spiro atoms. The second kappa shape index (κ2) is 3.75. The summed E-state index contributed by atoms with van der Waals surface area (Å²) in [5.74, 6) is 0. The number of hydrogen-bond acceptors (Lipinski definition) is 2. The molecule has 0 aromatic carbocycles. The van der Waals surface area contributed by atoms with E-state index in [1.165, 1.54) is 0 Å². The van der Waals surface area contributed by atoms with E-state index in [1.807, 2.05) is 0 Å². The normalized spacial score (nSPS) is 31.0. The van der Waals surface area contributed by atoms with Crippen LogP contribution >= 0.6 is 0 Å². The van der Waals surface area contributed by atoms with E-state index >= 15 is 0 Å². The zero-order valence-electron chi connectivity index (χ0n) is 8.34. The zero-order valence-corrected chi connectivity index (χ0v) is 8.34. The summed E-state index contributed by atoms with van der Waals surface area (Å²) in [5, 5.41) is 9.46. The molecule has 2 atom stereocenters. The van der Waals surface area contributed by atoms with Gasteiger partial charge in [-0.25, -0.2) is 0 Å². The molecule has 0 saturated heterocycles. The lowest BCUT2D eigenvalue weighted by Gasteiger charge is -2.23. The Morgan fingerprint density at radius 3 is 2.42 bits per heavy atom. The van der Waals surface area contributed by atoms with Crippen molar-refractivity contribution in [1.82, 2.24) is 0 Å². The summed E-state index contributed by atoms with van der Waals surface area (Å²) in [4.78, 5) is 0. The third-order valence-corrected chi connectivity index (χ3v) is 2.15. The molecule has 1 fully saturated rings. The maximum Gasteiger partial charge on any atom is 0.0834 e. The van der Waals surface area contributed by atoms with Gasteiger partial charge in [0.05, 0.1) is 18.8 Å². The molecule has 0 bridgehead atoms. The van der Waals surface area contributed by atoms with Crippen LogP contribution < -0.4 is 0 Å². The van der Waals surface area contributed by atoms with Gasteiger partial charge in [0.2, 0.25) is 0 Å². The van der Waals surface area contributed by atoms with Crippen LogP contribution in [0.25, 0.3) is 0 Å². The zero-order chi connectivity index (χ0) is 9.19. The monoisotopic (exact) mass is 172 g/mol. The molecule has 2 nitrogen and oxygen atoms in total. The highest BCUT2D eigenvalue weighted by Gasteiger charge is 2.27. The van der Waals surface area contributed by atoms with Crippen LogP contribution in [0.5, 0.6) is 0 Å². The average Bonchev–Trinajstić information content (AvgIpc) is 2.29. The Morgan fingerprint density at radius 1 is 1.33 bits per heavy atom. The van der Waals surface area contributed by atoms with Crippen LogP contribution in [0.2, 0.25) is 0 Å². The smallest absolute Gasteiger partial charge is 0.0834 e. The van der Waals surface area contributed by atoms with Crippen LogP contribution in [0.1, 0.15) is 40.0 Å². The first-order valence-corrected chi connectivity index (χ1v) is 4.79. The SMILES string of the molecule is CC(C)(C)COC1CCCC1O. The predicted octanol–water partition coefficient (Wildman–Crippen LogP) is 1.96. The fraction of sp³-hybridized carbons (Fsp3) is 1.00. The van der Waals surface area contributed by atoms with Gasteiger partial charge >= 0.3 is 0 Å². The van der Waals surface area contributed by atoms with E-state index in [4.69, 9.17) is 4.74 Å². The minimum atomic E-state index is -0.215. The average molecular weight is 172 g/mol. The molecule has 0 heterocycles. The summed E-state index contributed by atoms with van der Waals surface area (Å²) in [6, 6.07) is 0. The van der Waals surface area contributed by atoms with Crippen molar-refractivity contribution in [3.8, 4) is 0 Å². The molecule has 1 rings (SSSR count). The van der Waals surface area contributed by atoms with Gasteiger partial charge in [-0.1, -0.05) is 20.8 Å². The van der Waals surface area contributed by atoms with Crippen LogP contribution in [0.3, 0.4) is 0 Å². The van der Waals surface area contributed by atoms with Gasteiger partial charge in [-0.05, 0) is 24.7 Å². The molecule has 1 aliphatic carbocycles. The first-order valence-electron chi connectivity index (χ1n) is 4.79. The molecule has 1 N–H and O–H groups in total. The maximum absolute atomic E-state index is 9.46. The molecule has 0 aromatic heterocycles. The Morgan fingerprint density at radius 2 is 2.00 bits per heavy atom. The fourth-order valence-corrected chi connectivity index (χ4v) is 1.46. The van der Waals surface area contributed by atoms with Crippen molar-refractivity contribution in [2.24, 2.45) is 5.41 Å².